The fraction of sp³-hybridized carbons (Fsp3) is 0.167. The molecule has 0 saturated carbocycles. The second-order valence-corrected chi connectivity index (χ2v) is 2.28. The quantitative estimate of drug-likeness (QED) is 0.297. The average Bonchev–Trinajstić information content (AvgIpc) is 1.96. The zero-order valence-corrected chi connectivity index (χ0v) is 6.35. The minimum Gasteiger partial charge on any atom is -0.710 e. The number of anilines is 1. The van der Waals surface area contributed by atoms with E-state index in [2.05, 4.69) is 0 Å². The smallest absolute Gasteiger partial charge is 0.342 e. The Labute approximate surface area is 68.1 Å². The fourth-order valence-corrected chi connectivity index (χ4v) is 0.768. The summed E-state index contributed by atoms with van der Waals surface area (Å²) in [5, 5.41) is 20.1. The Bertz CT molecular complexity index is 313. The Kier molecular flexibility index (Phi) is 2.09. The highest BCUT2D eigenvalue weighted by atomic mass is 16.7. The third-order valence-corrected chi connectivity index (χ3v) is 1.28. The molecule has 1 rings (SSSR count). The van der Waals surface area contributed by atoms with Crippen molar-refractivity contribution in [3.05, 3.63) is 39.2 Å². The third kappa shape index (κ3) is 1.82. The van der Waals surface area contributed by atoms with Gasteiger partial charge in [0.2, 0.25) is 5.03 Å². The lowest BCUT2D eigenvalue weighted by molar-refractivity contribution is -0.602. The highest BCUT2D eigenvalue weighted by Crippen LogP contribution is 2.02. The van der Waals surface area contributed by atoms with E-state index < -0.39 is 5.03 Å². The van der Waals surface area contributed by atoms with Gasteiger partial charge >= 0.3 is 5.82 Å². The molecular formula is C6H7N3O3. The molecule has 0 aromatic carbocycles. The van der Waals surface area contributed by atoms with Crippen LogP contribution in [-0.4, -0.2) is 5.03 Å². The van der Waals surface area contributed by atoms with Crippen molar-refractivity contribution in [3.63, 3.8) is 0 Å². The zero-order valence-electron chi connectivity index (χ0n) is 6.35. The number of rotatable bonds is 2. The standard InChI is InChI=1S/C6H7N3O3/c1-5-2-3-8(10)6(4-5)7-9(11)12/h2-4,7H,1H3. The Hall–Kier alpha value is -1.85. The van der Waals surface area contributed by atoms with Crippen molar-refractivity contribution < 1.29 is 9.76 Å². The number of nitrogens with one attached hydrogen (secondary N) is 1. The zero-order chi connectivity index (χ0) is 9.14. The van der Waals surface area contributed by atoms with Gasteiger partial charge in [0.05, 0.1) is 6.20 Å². The van der Waals surface area contributed by atoms with E-state index in [4.69, 9.17) is 0 Å². The molecule has 12 heavy (non-hydrogen) atoms. The van der Waals surface area contributed by atoms with E-state index in [1.807, 2.05) is 0 Å². The second kappa shape index (κ2) is 3.04. The number of hydrogen-bond donors (Lipinski definition) is 1. The Morgan fingerprint density at radius 1 is 1.67 bits per heavy atom. The molecular weight excluding hydrogens is 162 g/mol. The van der Waals surface area contributed by atoms with Crippen molar-refractivity contribution in [2.24, 2.45) is 0 Å². The van der Waals surface area contributed by atoms with Gasteiger partial charge in [-0.2, -0.15) is 0 Å². The summed E-state index contributed by atoms with van der Waals surface area (Å²) in [6.07, 6.45) is 1.21. The van der Waals surface area contributed by atoms with Crippen molar-refractivity contribution >= 4 is 5.82 Å². The van der Waals surface area contributed by atoms with E-state index in [1.165, 1.54) is 12.3 Å². The molecule has 1 aromatic heterocycles. The third-order valence-electron chi connectivity index (χ3n) is 1.28. The van der Waals surface area contributed by atoms with Crippen LogP contribution in [0.15, 0.2) is 18.3 Å². The molecule has 0 spiro atoms. The summed E-state index contributed by atoms with van der Waals surface area (Å²) in [7, 11) is 0. The molecule has 1 aromatic rings. The predicted molar refractivity (Wildman–Crippen MR) is 40.8 cm³/mol. The molecule has 0 aliphatic heterocycles. The van der Waals surface area contributed by atoms with Crippen molar-refractivity contribution in [1.82, 2.24) is 0 Å². The summed E-state index contributed by atoms with van der Waals surface area (Å²) < 4.78 is 0.399. The van der Waals surface area contributed by atoms with Crippen LogP contribution in [0.5, 0.6) is 0 Å². The van der Waals surface area contributed by atoms with Crippen LogP contribution >= 0.6 is 0 Å². The largest absolute Gasteiger partial charge is 0.710 e. The van der Waals surface area contributed by atoms with Gasteiger partial charge in [0.1, 0.15) is 0 Å². The van der Waals surface area contributed by atoms with E-state index in [-0.39, 0.29) is 5.82 Å². The van der Waals surface area contributed by atoms with Crippen LogP contribution in [-0.2, 0) is 0 Å². The molecule has 6 nitrogen and oxygen atoms in total. The van der Waals surface area contributed by atoms with Gasteiger partial charge in [0, 0.05) is 11.5 Å². The molecule has 64 valence electrons. The Morgan fingerprint density at radius 3 is 2.92 bits per heavy atom. The van der Waals surface area contributed by atoms with Crippen LogP contribution < -0.4 is 10.2 Å². The maximum absolute atomic E-state index is 10.9. The van der Waals surface area contributed by atoms with Crippen LogP contribution in [0.4, 0.5) is 5.82 Å². The summed E-state index contributed by atoms with van der Waals surface area (Å²) in [5.41, 5.74) is 2.57. The Balaban J connectivity index is 2.97. The number of aromatic nitrogens is 1. The molecule has 6 heteroatoms. The number of pyridine rings is 1. The number of aryl methyl sites for hydroxylation is 1. The summed E-state index contributed by atoms with van der Waals surface area (Å²) in [6.45, 7) is 1.74. The van der Waals surface area contributed by atoms with Crippen LogP contribution in [0.1, 0.15) is 5.56 Å². The van der Waals surface area contributed by atoms with Gasteiger partial charge in [-0.15, -0.1) is 0 Å². The maximum atomic E-state index is 10.9. The summed E-state index contributed by atoms with van der Waals surface area (Å²) in [4.78, 5) is 9.97. The van der Waals surface area contributed by atoms with Crippen molar-refractivity contribution in [2.45, 2.75) is 6.92 Å². The van der Waals surface area contributed by atoms with Crippen molar-refractivity contribution in [2.75, 3.05) is 5.43 Å². The minimum atomic E-state index is -0.775. The first-order valence-electron chi connectivity index (χ1n) is 3.20. The SMILES string of the molecule is Cc1cc[n+]([O-])c(N[N+](=O)[O-])c1. The lowest BCUT2D eigenvalue weighted by Crippen LogP contribution is -2.32. The second-order valence-electron chi connectivity index (χ2n) is 2.28. The topological polar surface area (TPSA) is 82.1 Å². The molecule has 0 unspecified atom stereocenters. The molecule has 0 aliphatic rings. The van der Waals surface area contributed by atoms with Crippen LogP contribution in [0.2, 0.25) is 0 Å². The van der Waals surface area contributed by atoms with E-state index in [1.54, 1.807) is 18.4 Å². The van der Waals surface area contributed by atoms with Gasteiger partial charge in [0.25, 0.3) is 0 Å². The first-order valence-corrected chi connectivity index (χ1v) is 3.20. The lowest BCUT2D eigenvalue weighted by atomic mass is 10.3. The molecule has 1 N–H and O–H groups in total. The molecule has 1 heterocycles. The highest BCUT2D eigenvalue weighted by Gasteiger charge is 2.09. The molecule has 0 atom stereocenters. The van der Waals surface area contributed by atoms with Crippen LogP contribution in [0.25, 0.3) is 0 Å². The van der Waals surface area contributed by atoms with E-state index in [0.717, 1.165) is 5.56 Å². The number of nitrogens with zero attached hydrogens (tertiary/aromatic N) is 2. The van der Waals surface area contributed by atoms with Gasteiger partial charge in [-0.3, -0.25) is 0 Å². The number of hydrogen-bond acceptors (Lipinski definition) is 3. The molecule has 0 amide bonds. The minimum absolute atomic E-state index is 0.0833. The van der Waals surface area contributed by atoms with Gasteiger partial charge in [-0.25, -0.2) is 14.8 Å². The lowest BCUT2D eigenvalue weighted by Gasteiger charge is -2.03. The maximum Gasteiger partial charge on any atom is 0.342 e. The van der Waals surface area contributed by atoms with E-state index in [0.29, 0.717) is 4.73 Å². The first kappa shape index (κ1) is 8.25. The van der Waals surface area contributed by atoms with E-state index in [9.17, 15) is 15.3 Å². The number of nitro groups is 1. The van der Waals surface area contributed by atoms with Crippen LogP contribution in [0, 0.1) is 22.2 Å². The number of hydrazine groups is 1. The molecule has 0 aliphatic carbocycles. The monoisotopic (exact) mass is 169 g/mol. The summed E-state index contributed by atoms with van der Waals surface area (Å²) >= 11 is 0. The highest BCUT2D eigenvalue weighted by molar-refractivity contribution is 5.28. The van der Waals surface area contributed by atoms with E-state index >= 15 is 0 Å². The van der Waals surface area contributed by atoms with Gasteiger partial charge in [-0.05, 0) is 18.6 Å². The molecule has 0 radical (unpaired) electrons. The van der Waals surface area contributed by atoms with Crippen molar-refractivity contribution in [3.8, 4) is 0 Å². The molecule has 0 saturated heterocycles. The van der Waals surface area contributed by atoms with Gasteiger partial charge in [0.15, 0.2) is 0 Å². The fourth-order valence-electron chi connectivity index (χ4n) is 0.768. The predicted octanol–water partition coefficient (Wildman–Crippen LogP) is 0.232. The normalized spacial score (nSPS) is 9.42. The van der Waals surface area contributed by atoms with Crippen molar-refractivity contribution in [1.29, 1.82) is 0 Å². The van der Waals surface area contributed by atoms with Gasteiger partial charge in [-0.1, -0.05) is 0 Å². The summed E-state index contributed by atoms with van der Waals surface area (Å²) in [5.74, 6) is -0.0833. The summed E-state index contributed by atoms with van der Waals surface area (Å²) in [6, 6.07) is 2.97. The molecule has 0 bridgehead atoms. The van der Waals surface area contributed by atoms with Crippen LogP contribution in [0.3, 0.4) is 0 Å². The average molecular weight is 169 g/mol. The first-order chi connectivity index (χ1) is 5.59. The Morgan fingerprint density at radius 2 is 2.33 bits per heavy atom. The van der Waals surface area contributed by atoms with Gasteiger partial charge < -0.3 is 5.21 Å². The molecule has 0 fully saturated rings.